The first-order chi connectivity index (χ1) is 8.05. The fraction of sp³-hybridized carbons (Fsp3) is 0.833. The van der Waals surface area contributed by atoms with Crippen molar-refractivity contribution in [2.45, 2.75) is 39.2 Å². The van der Waals surface area contributed by atoms with Crippen molar-refractivity contribution in [3.05, 3.63) is 11.7 Å². The van der Waals surface area contributed by atoms with Crippen molar-refractivity contribution < 1.29 is 4.52 Å². The average molecular weight is 238 g/mol. The first-order valence-electron chi connectivity index (χ1n) is 6.32. The molecular weight excluding hydrogens is 216 g/mol. The lowest BCUT2D eigenvalue weighted by atomic mass is 9.96. The summed E-state index contributed by atoms with van der Waals surface area (Å²) in [6.07, 6.45) is 1.18. The minimum Gasteiger partial charge on any atom is -0.338 e. The molecule has 0 aliphatic carbocycles. The number of hydrogen-bond donors (Lipinski definition) is 1. The fourth-order valence-corrected chi connectivity index (χ4v) is 1.87. The highest BCUT2D eigenvalue weighted by Crippen LogP contribution is 2.18. The van der Waals surface area contributed by atoms with E-state index in [4.69, 9.17) is 4.52 Å². The zero-order chi connectivity index (χ0) is 12.3. The third-order valence-corrected chi connectivity index (χ3v) is 2.93. The molecule has 1 N–H and O–H groups in total. The van der Waals surface area contributed by atoms with E-state index in [0.29, 0.717) is 0 Å². The van der Waals surface area contributed by atoms with Gasteiger partial charge in [0.05, 0.1) is 6.54 Å². The zero-order valence-corrected chi connectivity index (χ0v) is 11.0. The predicted molar refractivity (Wildman–Crippen MR) is 65.8 cm³/mol. The molecule has 0 unspecified atom stereocenters. The Labute approximate surface area is 103 Å². The number of rotatable bonds is 2. The van der Waals surface area contributed by atoms with Crippen LogP contribution in [0.15, 0.2) is 4.52 Å². The van der Waals surface area contributed by atoms with Crippen LogP contribution in [0.4, 0.5) is 0 Å². The van der Waals surface area contributed by atoms with Crippen LogP contribution in [0.1, 0.15) is 38.9 Å². The Balaban J connectivity index is 1.96. The van der Waals surface area contributed by atoms with Gasteiger partial charge in [-0.3, -0.25) is 4.90 Å². The highest BCUT2D eigenvalue weighted by Gasteiger charge is 2.21. The second kappa shape index (κ2) is 5.14. The molecule has 0 bridgehead atoms. The molecule has 5 nitrogen and oxygen atoms in total. The van der Waals surface area contributed by atoms with Crippen LogP contribution in [-0.4, -0.2) is 41.2 Å². The van der Waals surface area contributed by atoms with Crippen LogP contribution in [0.3, 0.4) is 0 Å². The van der Waals surface area contributed by atoms with Gasteiger partial charge in [0.1, 0.15) is 0 Å². The van der Waals surface area contributed by atoms with E-state index in [9.17, 15) is 0 Å². The first-order valence-corrected chi connectivity index (χ1v) is 6.32. The Kier molecular flexibility index (Phi) is 3.79. The van der Waals surface area contributed by atoms with Gasteiger partial charge < -0.3 is 9.84 Å². The molecule has 0 saturated carbocycles. The van der Waals surface area contributed by atoms with Crippen LogP contribution in [0, 0.1) is 0 Å². The third-order valence-electron chi connectivity index (χ3n) is 2.93. The third kappa shape index (κ3) is 3.51. The van der Waals surface area contributed by atoms with Crippen molar-refractivity contribution in [3.63, 3.8) is 0 Å². The molecule has 1 aromatic rings. The topological polar surface area (TPSA) is 54.2 Å². The first kappa shape index (κ1) is 12.5. The fourth-order valence-electron chi connectivity index (χ4n) is 1.87. The number of nitrogens with zero attached hydrogens (tertiary/aromatic N) is 3. The summed E-state index contributed by atoms with van der Waals surface area (Å²) >= 11 is 0. The summed E-state index contributed by atoms with van der Waals surface area (Å²) in [5, 5.41) is 7.43. The summed E-state index contributed by atoms with van der Waals surface area (Å²) in [6.45, 7) is 11.3. The molecule has 0 atom stereocenters. The van der Waals surface area contributed by atoms with Gasteiger partial charge in [-0.25, -0.2) is 0 Å². The van der Waals surface area contributed by atoms with E-state index in [-0.39, 0.29) is 5.41 Å². The molecule has 5 heteroatoms. The standard InChI is InChI=1S/C12H22N4O/c1-12(2,3)11-14-10(17-15-11)9-16-7-4-5-13-6-8-16/h13H,4-9H2,1-3H3. The van der Waals surface area contributed by atoms with Crippen molar-refractivity contribution >= 4 is 0 Å². The summed E-state index contributed by atoms with van der Waals surface area (Å²) in [5.74, 6) is 1.53. The van der Waals surface area contributed by atoms with E-state index in [0.717, 1.165) is 44.4 Å². The van der Waals surface area contributed by atoms with Crippen molar-refractivity contribution in [1.82, 2.24) is 20.4 Å². The summed E-state index contributed by atoms with van der Waals surface area (Å²) in [5.41, 5.74) is -0.0396. The van der Waals surface area contributed by atoms with E-state index < -0.39 is 0 Å². The van der Waals surface area contributed by atoms with Crippen LogP contribution in [0.25, 0.3) is 0 Å². The molecule has 0 spiro atoms. The van der Waals surface area contributed by atoms with Gasteiger partial charge in [0.25, 0.3) is 0 Å². The van der Waals surface area contributed by atoms with Gasteiger partial charge in [-0.1, -0.05) is 25.9 Å². The van der Waals surface area contributed by atoms with Gasteiger partial charge in [-0.05, 0) is 19.5 Å². The SMILES string of the molecule is CC(C)(C)c1noc(CN2CCCNCC2)n1. The van der Waals surface area contributed by atoms with Gasteiger partial charge in [-0.2, -0.15) is 4.98 Å². The quantitative estimate of drug-likeness (QED) is 0.838. The summed E-state index contributed by atoms with van der Waals surface area (Å²) < 4.78 is 5.31. The van der Waals surface area contributed by atoms with Gasteiger partial charge in [0.2, 0.25) is 5.89 Å². The number of aromatic nitrogens is 2. The van der Waals surface area contributed by atoms with Crippen molar-refractivity contribution in [2.24, 2.45) is 0 Å². The van der Waals surface area contributed by atoms with E-state index >= 15 is 0 Å². The molecule has 1 aromatic heterocycles. The smallest absolute Gasteiger partial charge is 0.240 e. The highest BCUT2D eigenvalue weighted by molar-refractivity contribution is 4.99. The Hall–Kier alpha value is -0.940. The maximum atomic E-state index is 5.31. The van der Waals surface area contributed by atoms with Gasteiger partial charge >= 0.3 is 0 Å². The van der Waals surface area contributed by atoms with E-state index in [1.165, 1.54) is 6.42 Å². The van der Waals surface area contributed by atoms with E-state index in [1.807, 2.05) is 0 Å². The Morgan fingerprint density at radius 2 is 2.12 bits per heavy atom. The Morgan fingerprint density at radius 1 is 1.29 bits per heavy atom. The molecule has 2 rings (SSSR count). The van der Waals surface area contributed by atoms with Crippen molar-refractivity contribution in [1.29, 1.82) is 0 Å². The molecule has 1 fully saturated rings. The lowest BCUT2D eigenvalue weighted by molar-refractivity contribution is 0.238. The van der Waals surface area contributed by atoms with Crippen molar-refractivity contribution in [2.75, 3.05) is 26.2 Å². The molecule has 0 radical (unpaired) electrons. The minimum atomic E-state index is -0.0396. The molecule has 2 heterocycles. The summed E-state index contributed by atoms with van der Waals surface area (Å²) in [7, 11) is 0. The van der Waals surface area contributed by atoms with Crippen LogP contribution < -0.4 is 5.32 Å². The largest absolute Gasteiger partial charge is 0.338 e. The Bertz CT molecular complexity index is 348. The lowest BCUT2D eigenvalue weighted by Crippen LogP contribution is -2.27. The van der Waals surface area contributed by atoms with Crippen LogP contribution in [-0.2, 0) is 12.0 Å². The maximum Gasteiger partial charge on any atom is 0.240 e. The monoisotopic (exact) mass is 238 g/mol. The van der Waals surface area contributed by atoms with E-state index in [1.54, 1.807) is 0 Å². The number of nitrogens with one attached hydrogen (secondary N) is 1. The molecule has 17 heavy (non-hydrogen) atoms. The summed E-state index contributed by atoms with van der Waals surface area (Å²) in [4.78, 5) is 6.83. The molecular formula is C12H22N4O. The molecule has 96 valence electrons. The van der Waals surface area contributed by atoms with Gasteiger partial charge in [-0.15, -0.1) is 0 Å². The number of hydrogen-bond acceptors (Lipinski definition) is 5. The second-order valence-electron chi connectivity index (χ2n) is 5.64. The minimum absolute atomic E-state index is 0.0396. The average Bonchev–Trinajstić information content (AvgIpc) is 2.56. The molecule has 1 saturated heterocycles. The normalized spacial score (nSPS) is 19.2. The molecule has 1 aliphatic rings. The molecule has 0 aromatic carbocycles. The lowest BCUT2D eigenvalue weighted by Gasteiger charge is -2.16. The predicted octanol–water partition coefficient (Wildman–Crippen LogP) is 1.16. The highest BCUT2D eigenvalue weighted by atomic mass is 16.5. The molecule has 1 aliphatic heterocycles. The van der Waals surface area contributed by atoms with Gasteiger partial charge in [0, 0.05) is 18.5 Å². The zero-order valence-electron chi connectivity index (χ0n) is 11.0. The molecule has 0 amide bonds. The maximum absolute atomic E-state index is 5.31. The van der Waals surface area contributed by atoms with Crippen LogP contribution in [0.5, 0.6) is 0 Å². The van der Waals surface area contributed by atoms with Crippen LogP contribution >= 0.6 is 0 Å². The van der Waals surface area contributed by atoms with Crippen LogP contribution in [0.2, 0.25) is 0 Å². The van der Waals surface area contributed by atoms with E-state index in [2.05, 4.69) is 41.1 Å². The summed E-state index contributed by atoms with van der Waals surface area (Å²) in [6, 6.07) is 0. The second-order valence-corrected chi connectivity index (χ2v) is 5.64. The van der Waals surface area contributed by atoms with Gasteiger partial charge in [0.15, 0.2) is 5.82 Å². The van der Waals surface area contributed by atoms with Crippen molar-refractivity contribution in [3.8, 4) is 0 Å². The Morgan fingerprint density at radius 3 is 2.82 bits per heavy atom.